The van der Waals surface area contributed by atoms with E-state index in [1.165, 1.54) is 49.4 Å². The van der Waals surface area contributed by atoms with Crippen LogP contribution in [0.25, 0.3) is 0 Å². The number of carbonyl (C=O) groups is 2. The molecule has 10 heteroatoms. The smallest absolute Gasteiger partial charge is 0.242 e. The average molecular weight is 496 g/mol. The summed E-state index contributed by atoms with van der Waals surface area (Å²) in [4.78, 5) is 23.9. The zero-order valence-electron chi connectivity index (χ0n) is 17.4. The molecule has 32 heavy (non-hydrogen) atoms. The lowest BCUT2D eigenvalue weighted by Gasteiger charge is -2.19. The molecule has 2 N–H and O–H groups in total. The van der Waals surface area contributed by atoms with Gasteiger partial charge < -0.3 is 10.1 Å². The second-order valence-electron chi connectivity index (χ2n) is 7.26. The summed E-state index contributed by atoms with van der Waals surface area (Å²) < 4.78 is 28.1. The van der Waals surface area contributed by atoms with Gasteiger partial charge in [-0.15, -0.1) is 0 Å². The number of benzene rings is 2. The van der Waals surface area contributed by atoms with Crippen LogP contribution in [-0.2, 0) is 19.6 Å². The number of sulfonamides is 1. The van der Waals surface area contributed by atoms with Gasteiger partial charge in [-0.25, -0.2) is 8.42 Å². The van der Waals surface area contributed by atoms with Crippen molar-refractivity contribution in [3.63, 3.8) is 0 Å². The normalized spacial score (nSPS) is 12.1. The summed E-state index contributed by atoms with van der Waals surface area (Å²) in [7, 11) is -4.02. The van der Waals surface area contributed by atoms with Crippen molar-refractivity contribution in [3.8, 4) is 6.07 Å². The van der Waals surface area contributed by atoms with Gasteiger partial charge >= 0.3 is 0 Å². The van der Waals surface area contributed by atoms with Crippen LogP contribution in [-0.4, -0.2) is 26.2 Å². The highest BCUT2D eigenvalue weighted by molar-refractivity contribution is 7.89. The minimum atomic E-state index is -4.02. The molecule has 0 aliphatic heterocycles. The molecule has 2 rings (SSSR count). The predicted octanol–water partition coefficient (Wildman–Crippen LogP) is 4.69. The standard InChI is InChI=1S/C22H23Cl2N3O4S/c1-15(28)5-3-2-4-6-21(22(29)26-19-12-17(23)11-18(24)13-19)27-32(30,31)20-9-7-16(14-25)8-10-20/h7-13,21,27H,2-6H2,1H3,(H,26,29)/t21-/m0/s1. The molecule has 0 saturated heterocycles. The van der Waals surface area contributed by atoms with Crippen LogP contribution >= 0.6 is 23.2 Å². The number of ketones is 1. The van der Waals surface area contributed by atoms with Crippen molar-refractivity contribution in [1.82, 2.24) is 4.72 Å². The van der Waals surface area contributed by atoms with E-state index in [1.54, 1.807) is 0 Å². The molecule has 0 aliphatic rings. The maximum absolute atomic E-state index is 12.9. The molecule has 0 heterocycles. The first kappa shape index (κ1) is 25.8. The number of unbranched alkanes of at least 4 members (excludes halogenated alkanes) is 2. The Balaban J connectivity index is 2.17. The van der Waals surface area contributed by atoms with Crippen LogP contribution < -0.4 is 10.0 Å². The van der Waals surface area contributed by atoms with Gasteiger partial charge in [-0.2, -0.15) is 9.98 Å². The minimum Gasteiger partial charge on any atom is -0.325 e. The highest BCUT2D eigenvalue weighted by Gasteiger charge is 2.26. The fraction of sp³-hybridized carbons (Fsp3) is 0.318. The number of nitriles is 1. The van der Waals surface area contributed by atoms with Crippen molar-refractivity contribution in [1.29, 1.82) is 5.26 Å². The van der Waals surface area contributed by atoms with Gasteiger partial charge in [0.1, 0.15) is 11.8 Å². The Bertz CT molecular complexity index is 1090. The topological polar surface area (TPSA) is 116 Å². The number of nitrogens with zero attached hydrogens (tertiary/aromatic N) is 1. The molecule has 0 radical (unpaired) electrons. The van der Waals surface area contributed by atoms with Gasteiger partial charge in [-0.3, -0.25) is 4.79 Å². The number of Topliss-reactive ketones (excluding diaryl/α,β-unsaturated/α-hetero) is 1. The van der Waals surface area contributed by atoms with Crippen LogP contribution in [0.5, 0.6) is 0 Å². The van der Waals surface area contributed by atoms with Gasteiger partial charge in [0.25, 0.3) is 0 Å². The van der Waals surface area contributed by atoms with Crippen molar-refractivity contribution in [3.05, 3.63) is 58.1 Å². The lowest BCUT2D eigenvalue weighted by Crippen LogP contribution is -2.43. The quantitative estimate of drug-likeness (QED) is 0.438. The minimum absolute atomic E-state index is 0.0586. The third-order valence-electron chi connectivity index (χ3n) is 4.56. The fourth-order valence-corrected chi connectivity index (χ4v) is 4.72. The van der Waals surface area contributed by atoms with Crippen LogP contribution in [0.4, 0.5) is 5.69 Å². The van der Waals surface area contributed by atoms with Crippen molar-refractivity contribution in [2.24, 2.45) is 0 Å². The zero-order valence-corrected chi connectivity index (χ0v) is 19.7. The van der Waals surface area contributed by atoms with E-state index in [1.807, 2.05) is 6.07 Å². The van der Waals surface area contributed by atoms with E-state index in [2.05, 4.69) is 10.0 Å². The SMILES string of the molecule is CC(=O)CCCCC[C@H](NS(=O)(=O)c1ccc(C#N)cc1)C(=O)Nc1cc(Cl)cc(Cl)c1. The zero-order chi connectivity index (χ0) is 23.7. The van der Waals surface area contributed by atoms with E-state index in [0.29, 0.717) is 47.0 Å². The van der Waals surface area contributed by atoms with E-state index in [9.17, 15) is 18.0 Å². The van der Waals surface area contributed by atoms with Crippen LogP contribution in [0, 0.1) is 11.3 Å². The van der Waals surface area contributed by atoms with Crippen molar-refractivity contribution < 1.29 is 18.0 Å². The predicted molar refractivity (Wildman–Crippen MR) is 124 cm³/mol. The third-order valence-corrected chi connectivity index (χ3v) is 6.48. The maximum Gasteiger partial charge on any atom is 0.242 e. The summed E-state index contributed by atoms with van der Waals surface area (Å²) in [5, 5.41) is 12.2. The molecule has 2 aromatic rings. The van der Waals surface area contributed by atoms with E-state index < -0.39 is 22.0 Å². The monoisotopic (exact) mass is 495 g/mol. The molecule has 0 aromatic heterocycles. The van der Waals surface area contributed by atoms with Gasteiger partial charge in [0.05, 0.1) is 16.5 Å². The largest absolute Gasteiger partial charge is 0.325 e. The number of hydrogen-bond acceptors (Lipinski definition) is 5. The molecule has 0 bridgehead atoms. The highest BCUT2D eigenvalue weighted by atomic mass is 35.5. The lowest BCUT2D eigenvalue weighted by molar-refractivity contribution is -0.118. The van der Waals surface area contributed by atoms with Gasteiger partial charge in [0.2, 0.25) is 15.9 Å². The highest BCUT2D eigenvalue weighted by Crippen LogP contribution is 2.23. The molecule has 170 valence electrons. The Morgan fingerprint density at radius 3 is 2.22 bits per heavy atom. The summed E-state index contributed by atoms with van der Waals surface area (Å²) in [5.41, 5.74) is 0.660. The van der Waals surface area contributed by atoms with E-state index in [0.717, 1.165) is 0 Å². The van der Waals surface area contributed by atoms with Gasteiger partial charge in [0.15, 0.2) is 0 Å². The van der Waals surface area contributed by atoms with E-state index in [-0.39, 0.29) is 17.1 Å². The first-order chi connectivity index (χ1) is 15.1. The molecule has 2 aromatic carbocycles. The molecule has 0 unspecified atom stereocenters. The molecule has 7 nitrogen and oxygen atoms in total. The first-order valence-electron chi connectivity index (χ1n) is 9.89. The van der Waals surface area contributed by atoms with Crippen LogP contribution in [0.15, 0.2) is 47.4 Å². The molecule has 1 atom stereocenters. The summed E-state index contributed by atoms with van der Waals surface area (Å²) in [6.45, 7) is 1.51. The molecule has 0 fully saturated rings. The van der Waals surface area contributed by atoms with E-state index >= 15 is 0 Å². The fourth-order valence-electron chi connectivity index (χ4n) is 2.96. The summed E-state index contributed by atoms with van der Waals surface area (Å²) in [6.07, 6.45) is 2.54. The second kappa shape index (κ2) is 12.0. The molecule has 0 aliphatic carbocycles. The molecule has 1 amide bonds. The number of nitrogens with one attached hydrogen (secondary N) is 2. The van der Waals surface area contributed by atoms with Crippen molar-refractivity contribution in [2.75, 3.05) is 5.32 Å². The van der Waals surface area contributed by atoms with E-state index in [4.69, 9.17) is 28.5 Å². The van der Waals surface area contributed by atoms with Crippen LogP contribution in [0.2, 0.25) is 10.0 Å². The average Bonchev–Trinajstić information content (AvgIpc) is 2.71. The second-order valence-corrected chi connectivity index (χ2v) is 9.85. The molecule has 0 saturated carbocycles. The number of rotatable bonds is 11. The summed E-state index contributed by atoms with van der Waals surface area (Å²) in [6, 6.07) is 10.8. The van der Waals surface area contributed by atoms with Crippen LogP contribution in [0.1, 0.15) is 44.6 Å². The number of amides is 1. The van der Waals surface area contributed by atoms with Gasteiger partial charge in [0, 0.05) is 22.2 Å². The molecular weight excluding hydrogens is 473 g/mol. The summed E-state index contributed by atoms with van der Waals surface area (Å²) >= 11 is 11.9. The van der Waals surface area contributed by atoms with Gasteiger partial charge in [-0.1, -0.05) is 36.0 Å². The Labute approximate surface area is 197 Å². The first-order valence-corrected chi connectivity index (χ1v) is 12.1. The Morgan fingerprint density at radius 2 is 1.66 bits per heavy atom. The number of halogens is 2. The third kappa shape index (κ3) is 8.24. The molecular formula is C22H23Cl2N3O4S. The Hall–Kier alpha value is -2.44. The van der Waals surface area contributed by atoms with Gasteiger partial charge in [-0.05, 0) is 62.2 Å². The lowest BCUT2D eigenvalue weighted by atomic mass is 10.1. The van der Waals surface area contributed by atoms with Crippen molar-refractivity contribution >= 4 is 50.6 Å². The van der Waals surface area contributed by atoms with Crippen LogP contribution in [0.3, 0.4) is 0 Å². The maximum atomic E-state index is 12.9. The van der Waals surface area contributed by atoms with Crippen molar-refractivity contribution in [2.45, 2.75) is 50.0 Å². The number of hydrogen-bond donors (Lipinski definition) is 2. The Morgan fingerprint density at radius 1 is 1.03 bits per heavy atom. The molecule has 0 spiro atoms. The Kier molecular flexibility index (Phi) is 9.66. The number of carbonyl (C=O) groups excluding carboxylic acids is 2. The summed E-state index contributed by atoms with van der Waals surface area (Å²) in [5.74, 6) is -0.481. The number of anilines is 1.